The van der Waals surface area contributed by atoms with E-state index in [-0.39, 0.29) is 0 Å². The first-order valence-corrected chi connectivity index (χ1v) is 6.42. The summed E-state index contributed by atoms with van der Waals surface area (Å²) in [6.45, 7) is 5.72. The Kier molecular flexibility index (Phi) is 4.23. The van der Waals surface area contributed by atoms with Crippen molar-refractivity contribution in [3.05, 3.63) is 29.8 Å². The van der Waals surface area contributed by atoms with Gasteiger partial charge in [-0.3, -0.25) is 0 Å². The summed E-state index contributed by atoms with van der Waals surface area (Å²) >= 11 is 0. The van der Waals surface area contributed by atoms with Gasteiger partial charge in [-0.2, -0.15) is 0 Å². The predicted molar refractivity (Wildman–Crippen MR) is 69.9 cm³/mol. The van der Waals surface area contributed by atoms with Gasteiger partial charge in [-0.1, -0.05) is 25.1 Å². The van der Waals surface area contributed by atoms with E-state index >= 15 is 0 Å². The summed E-state index contributed by atoms with van der Waals surface area (Å²) in [6, 6.07) is 8.62. The molecule has 1 saturated heterocycles. The fourth-order valence-corrected chi connectivity index (χ4v) is 2.37. The third-order valence-corrected chi connectivity index (χ3v) is 3.43. The van der Waals surface area contributed by atoms with Gasteiger partial charge >= 0.3 is 0 Å². The molecule has 2 rings (SSSR count). The van der Waals surface area contributed by atoms with Crippen molar-refractivity contribution in [2.75, 3.05) is 25.0 Å². The molecule has 0 aliphatic carbocycles. The van der Waals surface area contributed by atoms with E-state index in [1.165, 1.54) is 37.2 Å². The number of anilines is 1. The normalized spacial score (nSPS) is 19.9. The Morgan fingerprint density at radius 1 is 1.38 bits per heavy atom. The Labute approximate surface area is 98.4 Å². The molecule has 2 heteroatoms. The average Bonchev–Trinajstić information content (AvgIpc) is 2.83. The van der Waals surface area contributed by atoms with Crippen LogP contribution in [0.1, 0.15) is 25.3 Å². The van der Waals surface area contributed by atoms with E-state index in [2.05, 4.69) is 41.8 Å². The van der Waals surface area contributed by atoms with Gasteiger partial charge in [0.15, 0.2) is 0 Å². The second-order valence-electron chi connectivity index (χ2n) is 4.58. The zero-order valence-electron chi connectivity index (χ0n) is 10.1. The molecule has 1 aliphatic rings. The van der Waals surface area contributed by atoms with E-state index in [0.717, 1.165) is 18.9 Å². The molecule has 1 unspecified atom stereocenters. The Balaban J connectivity index is 1.79. The highest BCUT2D eigenvalue weighted by atomic mass is 14.9. The van der Waals surface area contributed by atoms with Crippen molar-refractivity contribution in [3.63, 3.8) is 0 Å². The second-order valence-corrected chi connectivity index (χ2v) is 4.58. The number of hydrogen-bond acceptors (Lipinski definition) is 2. The first-order valence-electron chi connectivity index (χ1n) is 6.42. The van der Waals surface area contributed by atoms with Gasteiger partial charge in [-0.25, -0.2) is 0 Å². The van der Waals surface area contributed by atoms with E-state index in [9.17, 15) is 0 Å². The third kappa shape index (κ3) is 2.99. The molecule has 0 saturated carbocycles. The minimum Gasteiger partial charge on any atom is -0.385 e. The molecule has 1 aliphatic heterocycles. The van der Waals surface area contributed by atoms with Crippen LogP contribution in [-0.4, -0.2) is 19.6 Å². The highest BCUT2D eigenvalue weighted by Crippen LogP contribution is 2.17. The topological polar surface area (TPSA) is 24.1 Å². The SMILES string of the molecule is CCc1ccccc1NCCC1CCNC1. The van der Waals surface area contributed by atoms with Crippen LogP contribution in [0, 0.1) is 5.92 Å². The zero-order valence-corrected chi connectivity index (χ0v) is 10.1. The molecule has 1 aromatic carbocycles. The molecule has 0 aromatic heterocycles. The van der Waals surface area contributed by atoms with Crippen molar-refractivity contribution in [1.29, 1.82) is 0 Å². The lowest BCUT2D eigenvalue weighted by molar-refractivity contribution is 0.549. The molecule has 0 bridgehead atoms. The van der Waals surface area contributed by atoms with Crippen LogP contribution in [0.3, 0.4) is 0 Å². The van der Waals surface area contributed by atoms with E-state index < -0.39 is 0 Å². The fourth-order valence-electron chi connectivity index (χ4n) is 2.37. The van der Waals surface area contributed by atoms with Crippen LogP contribution in [0.2, 0.25) is 0 Å². The molecule has 1 fully saturated rings. The maximum atomic E-state index is 3.56. The molecule has 0 radical (unpaired) electrons. The van der Waals surface area contributed by atoms with Crippen molar-refractivity contribution in [2.45, 2.75) is 26.2 Å². The summed E-state index contributed by atoms with van der Waals surface area (Å²) in [4.78, 5) is 0. The van der Waals surface area contributed by atoms with Crippen LogP contribution in [-0.2, 0) is 6.42 Å². The molecule has 1 atom stereocenters. The predicted octanol–water partition coefficient (Wildman–Crippen LogP) is 2.66. The van der Waals surface area contributed by atoms with Gasteiger partial charge < -0.3 is 10.6 Å². The maximum absolute atomic E-state index is 3.56. The lowest BCUT2D eigenvalue weighted by Gasteiger charge is -2.13. The summed E-state index contributed by atoms with van der Waals surface area (Å²) in [5.41, 5.74) is 2.74. The van der Waals surface area contributed by atoms with Crippen LogP contribution in [0.5, 0.6) is 0 Å². The van der Waals surface area contributed by atoms with Gasteiger partial charge in [0.25, 0.3) is 0 Å². The Hall–Kier alpha value is -1.02. The number of rotatable bonds is 5. The first-order chi connectivity index (χ1) is 7.90. The van der Waals surface area contributed by atoms with Crippen LogP contribution in [0.15, 0.2) is 24.3 Å². The summed E-state index contributed by atoms with van der Waals surface area (Å²) in [6.07, 6.45) is 3.73. The molecule has 88 valence electrons. The molecule has 16 heavy (non-hydrogen) atoms. The standard InChI is InChI=1S/C14H22N2/c1-2-13-5-3-4-6-14(13)16-10-8-12-7-9-15-11-12/h3-6,12,15-16H,2,7-11H2,1H3. The molecule has 1 heterocycles. The van der Waals surface area contributed by atoms with Crippen molar-refractivity contribution in [2.24, 2.45) is 5.92 Å². The monoisotopic (exact) mass is 218 g/mol. The number of benzene rings is 1. The van der Waals surface area contributed by atoms with Crippen molar-refractivity contribution in [3.8, 4) is 0 Å². The molecule has 0 amide bonds. The smallest absolute Gasteiger partial charge is 0.0372 e. The van der Waals surface area contributed by atoms with E-state index in [4.69, 9.17) is 0 Å². The van der Waals surface area contributed by atoms with Crippen LogP contribution in [0.4, 0.5) is 5.69 Å². The highest BCUT2D eigenvalue weighted by molar-refractivity contribution is 5.50. The van der Waals surface area contributed by atoms with Gasteiger partial charge in [0, 0.05) is 12.2 Å². The maximum Gasteiger partial charge on any atom is 0.0372 e. The number of aryl methyl sites for hydroxylation is 1. The summed E-state index contributed by atoms with van der Waals surface area (Å²) in [5.74, 6) is 0.876. The lowest BCUT2D eigenvalue weighted by Crippen LogP contribution is -2.13. The van der Waals surface area contributed by atoms with Gasteiger partial charge in [0.05, 0.1) is 0 Å². The second kappa shape index (κ2) is 5.90. The Morgan fingerprint density at radius 2 is 2.25 bits per heavy atom. The zero-order chi connectivity index (χ0) is 11.2. The summed E-state index contributed by atoms with van der Waals surface area (Å²) < 4.78 is 0. The van der Waals surface area contributed by atoms with Crippen LogP contribution < -0.4 is 10.6 Å². The fraction of sp³-hybridized carbons (Fsp3) is 0.571. The van der Waals surface area contributed by atoms with Crippen molar-refractivity contribution < 1.29 is 0 Å². The van der Waals surface area contributed by atoms with Gasteiger partial charge in [0.1, 0.15) is 0 Å². The number of hydrogen-bond donors (Lipinski definition) is 2. The molecule has 2 N–H and O–H groups in total. The van der Waals surface area contributed by atoms with Crippen LogP contribution in [0.25, 0.3) is 0 Å². The van der Waals surface area contributed by atoms with E-state index in [1.54, 1.807) is 0 Å². The molecule has 1 aromatic rings. The Morgan fingerprint density at radius 3 is 3.00 bits per heavy atom. The number of para-hydroxylation sites is 1. The van der Waals surface area contributed by atoms with Crippen LogP contribution >= 0.6 is 0 Å². The molecule has 2 nitrogen and oxygen atoms in total. The third-order valence-electron chi connectivity index (χ3n) is 3.43. The minimum absolute atomic E-state index is 0.876. The quantitative estimate of drug-likeness (QED) is 0.794. The first kappa shape index (κ1) is 11.5. The lowest BCUT2D eigenvalue weighted by atomic mass is 10.0. The highest BCUT2D eigenvalue weighted by Gasteiger charge is 2.13. The Bertz CT molecular complexity index is 316. The summed E-state index contributed by atoms with van der Waals surface area (Å²) in [5, 5.41) is 6.98. The molecule has 0 spiro atoms. The largest absolute Gasteiger partial charge is 0.385 e. The summed E-state index contributed by atoms with van der Waals surface area (Å²) in [7, 11) is 0. The average molecular weight is 218 g/mol. The van der Waals surface area contributed by atoms with Gasteiger partial charge in [-0.05, 0) is 49.9 Å². The molecular weight excluding hydrogens is 196 g/mol. The minimum atomic E-state index is 0.876. The van der Waals surface area contributed by atoms with Crippen molar-refractivity contribution >= 4 is 5.69 Å². The van der Waals surface area contributed by atoms with E-state index in [1.807, 2.05) is 0 Å². The molecular formula is C14H22N2. The van der Waals surface area contributed by atoms with Crippen molar-refractivity contribution in [1.82, 2.24) is 5.32 Å². The number of nitrogens with one attached hydrogen (secondary N) is 2. The van der Waals surface area contributed by atoms with Gasteiger partial charge in [-0.15, -0.1) is 0 Å². The van der Waals surface area contributed by atoms with E-state index in [0.29, 0.717) is 0 Å². The van der Waals surface area contributed by atoms with Gasteiger partial charge in [0.2, 0.25) is 0 Å².